The standard InChI is InChI=1S/C44H26/c1-2-10-32-26-33(19-16-27(32)8-1)41-35-14-5-6-15-36(35)44(43-34-13-4-3-9-28(34)20-25-39(41)43)38-24-22-31-18-17-29-11-7-12-30-21-23-37(38)42(31)40(29)30/h1-26H/i1D,2D,3D,4D,5D,6D,7D,8D,9D,10D,11D,12D,13D,14D,15D,16D,17D,18D,19D,20D,21D,22D,23D,24D,25D,26D. The maximum Gasteiger partial charge on any atom is 0.0636 e. The van der Waals surface area contributed by atoms with Crippen LogP contribution in [-0.4, -0.2) is 0 Å². The van der Waals surface area contributed by atoms with E-state index in [4.69, 9.17) is 20.6 Å². The Hall–Kier alpha value is -5.72. The van der Waals surface area contributed by atoms with E-state index in [0.29, 0.717) is 0 Å². The zero-order valence-electron chi connectivity index (χ0n) is 48.0. The van der Waals surface area contributed by atoms with Crippen LogP contribution in [0.1, 0.15) is 35.6 Å². The van der Waals surface area contributed by atoms with Crippen LogP contribution in [0.3, 0.4) is 0 Å². The van der Waals surface area contributed by atoms with Crippen LogP contribution in [-0.2, 0) is 0 Å². The lowest BCUT2D eigenvalue weighted by molar-refractivity contribution is 1.70. The highest BCUT2D eigenvalue weighted by molar-refractivity contribution is 6.32. The van der Waals surface area contributed by atoms with E-state index in [1.165, 1.54) is 0 Å². The average molecular weight is 581 g/mol. The second kappa shape index (κ2) is 8.89. The van der Waals surface area contributed by atoms with Gasteiger partial charge in [0.15, 0.2) is 0 Å². The molecule has 0 nitrogen and oxygen atoms in total. The van der Waals surface area contributed by atoms with E-state index in [-0.39, 0.29) is 10.8 Å². The van der Waals surface area contributed by atoms with Crippen LogP contribution in [0, 0.1) is 0 Å². The Bertz CT molecular complexity index is 4210. The summed E-state index contributed by atoms with van der Waals surface area (Å²) in [7, 11) is 0. The first kappa shape index (κ1) is 9.91. The van der Waals surface area contributed by atoms with E-state index in [9.17, 15) is 15.1 Å². The maximum atomic E-state index is 9.78. The molecule has 0 heteroatoms. The molecule has 10 aromatic carbocycles. The van der Waals surface area contributed by atoms with Crippen LogP contribution in [0.2, 0.25) is 0 Å². The van der Waals surface area contributed by atoms with E-state index in [2.05, 4.69) is 0 Å². The van der Waals surface area contributed by atoms with Gasteiger partial charge in [-0.25, -0.2) is 0 Å². The van der Waals surface area contributed by atoms with Gasteiger partial charge in [0.25, 0.3) is 0 Å². The Morgan fingerprint density at radius 2 is 0.841 bits per heavy atom. The van der Waals surface area contributed by atoms with E-state index in [1.54, 1.807) is 0 Å². The van der Waals surface area contributed by atoms with Gasteiger partial charge in [-0.2, -0.15) is 0 Å². The Labute approximate surface area is 291 Å². The minimum atomic E-state index is -0.986. The van der Waals surface area contributed by atoms with Crippen molar-refractivity contribution in [1.82, 2.24) is 0 Å². The van der Waals surface area contributed by atoms with Gasteiger partial charge < -0.3 is 0 Å². The number of hydrogen-bond donors (Lipinski definition) is 0. The molecule has 0 amide bonds. The van der Waals surface area contributed by atoms with Gasteiger partial charge in [-0.15, -0.1) is 0 Å². The highest BCUT2D eigenvalue weighted by Gasteiger charge is 2.21. The Balaban J connectivity index is 1.67. The van der Waals surface area contributed by atoms with Crippen molar-refractivity contribution >= 4 is 75.4 Å². The quantitative estimate of drug-likeness (QED) is 0.141. The molecule has 202 valence electrons. The molecule has 10 aromatic rings. The van der Waals surface area contributed by atoms with Gasteiger partial charge in [-0.3, -0.25) is 0 Å². The molecule has 0 atom stereocenters. The van der Waals surface area contributed by atoms with Crippen molar-refractivity contribution in [3.8, 4) is 22.3 Å². The molecule has 0 bridgehead atoms. The Morgan fingerprint density at radius 1 is 0.295 bits per heavy atom. The van der Waals surface area contributed by atoms with Gasteiger partial charge >= 0.3 is 0 Å². The van der Waals surface area contributed by atoms with Gasteiger partial charge in [0.2, 0.25) is 0 Å². The molecular weight excluding hydrogens is 528 g/mol. The summed E-state index contributed by atoms with van der Waals surface area (Å²) < 4.78 is 237. The van der Waals surface area contributed by atoms with E-state index < -0.39 is 244 Å². The molecule has 0 aliphatic heterocycles. The normalized spacial score (nSPS) is 20.4. The number of hydrogen-bond acceptors (Lipinski definition) is 0. The number of fused-ring (bicyclic) bond motifs is 5. The maximum absolute atomic E-state index is 9.78. The molecule has 0 aliphatic rings. The van der Waals surface area contributed by atoms with Crippen LogP contribution in [0.15, 0.2) is 157 Å². The molecule has 0 radical (unpaired) electrons. The van der Waals surface area contributed by atoms with Gasteiger partial charge in [0.05, 0.1) is 35.6 Å². The fraction of sp³-hybridized carbons (Fsp3) is 0. The van der Waals surface area contributed by atoms with E-state index in [1.807, 2.05) is 0 Å². The van der Waals surface area contributed by atoms with Gasteiger partial charge in [0, 0.05) is 0 Å². The summed E-state index contributed by atoms with van der Waals surface area (Å²) in [6, 6.07) is -22.8. The summed E-state index contributed by atoms with van der Waals surface area (Å²) in [5.41, 5.74) is -2.84. The van der Waals surface area contributed by atoms with Gasteiger partial charge in [-0.1, -0.05) is 151 Å². The van der Waals surface area contributed by atoms with Crippen molar-refractivity contribution in [2.45, 2.75) is 0 Å². The molecule has 0 aliphatic carbocycles. The molecule has 0 fully saturated rings. The molecule has 44 heavy (non-hydrogen) atoms. The summed E-state index contributed by atoms with van der Waals surface area (Å²) in [6.45, 7) is 0. The topological polar surface area (TPSA) is 0 Å². The van der Waals surface area contributed by atoms with E-state index >= 15 is 0 Å². The highest BCUT2D eigenvalue weighted by atomic mass is 14.2. The van der Waals surface area contributed by atoms with Gasteiger partial charge in [0.1, 0.15) is 0 Å². The van der Waals surface area contributed by atoms with E-state index in [0.717, 1.165) is 0 Å². The average Bonchev–Trinajstić information content (AvgIpc) is 3.32. The summed E-state index contributed by atoms with van der Waals surface area (Å²) in [5, 5.41) is -7.92. The van der Waals surface area contributed by atoms with Crippen molar-refractivity contribution < 1.29 is 35.6 Å². The predicted molar refractivity (Wildman–Crippen MR) is 191 cm³/mol. The summed E-state index contributed by atoms with van der Waals surface area (Å²) >= 11 is 0. The van der Waals surface area contributed by atoms with Crippen molar-refractivity contribution in [2.24, 2.45) is 0 Å². The minimum Gasteiger partial charge on any atom is -0.0616 e. The third kappa shape index (κ3) is 3.23. The van der Waals surface area contributed by atoms with Crippen LogP contribution in [0.4, 0.5) is 0 Å². The third-order valence-corrected chi connectivity index (χ3v) is 7.75. The summed E-state index contributed by atoms with van der Waals surface area (Å²) in [5.74, 6) is 0. The predicted octanol–water partition coefficient (Wildman–Crippen LogP) is 12.5. The second-order valence-electron chi connectivity index (χ2n) is 10.0. The summed E-state index contributed by atoms with van der Waals surface area (Å²) in [6.07, 6.45) is 0. The molecule has 0 N–H and O–H groups in total. The SMILES string of the molecule is [2H]c1c([2H])c([2H])c2c([2H])c(-c3c4c([2H])c([2H])c([2H])c([2H])c4c(-c4c([2H])c([2H])c5c([2H])c([2H])c6c([2H])c([2H])c([2H])c7c([2H])c([2H])c4c5c67)c4c3c([2H])c([2H])c3c([2H])c([2H])c([2H])c([2H])c34)c([2H])c([2H])c2c1[2H]. The van der Waals surface area contributed by atoms with Crippen LogP contribution in [0.5, 0.6) is 0 Å². The zero-order chi connectivity index (χ0) is 51.4. The molecule has 0 aromatic heterocycles. The molecule has 0 unspecified atom stereocenters. The van der Waals surface area contributed by atoms with Gasteiger partial charge in [-0.05, 0) is 104 Å². The second-order valence-corrected chi connectivity index (χ2v) is 10.0. The van der Waals surface area contributed by atoms with Crippen LogP contribution in [0.25, 0.3) is 97.7 Å². The van der Waals surface area contributed by atoms with Crippen LogP contribution >= 0.6 is 0 Å². The number of rotatable bonds is 2. The Kier molecular flexibility index (Phi) is 2.00. The smallest absolute Gasteiger partial charge is 0.0616 e. The van der Waals surface area contributed by atoms with Crippen molar-refractivity contribution in [2.75, 3.05) is 0 Å². The monoisotopic (exact) mass is 580 g/mol. The largest absolute Gasteiger partial charge is 0.0636 e. The lowest BCUT2D eigenvalue weighted by Gasteiger charge is -2.21. The van der Waals surface area contributed by atoms with Crippen LogP contribution < -0.4 is 0 Å². The molecule has 10 rings (SSSR count). The first-order valence-corrected chi connectivity index (χ1v) is 13.2. The van der Waals surface area contributed by atoms with Crippen molar-refractivity contribution in [1.29, 1.82) is 0 Å². The first-order chi connectivity index (χ1) is 32.7. The lowest BCUT2D eigenvalue weighted by Crippen LogP contribution is -1.93. The molecular formula is C44H26. The lowest BCUT2D eigenvalue weighted by atomic mass is 9.82. The third-order valence-electron chi connectivity index (χ3n) is 7.75. The summed E-state index contributed by atoms with van der Waals surface area (Å²) in [4.78, 5) is 0. The molecule has 0 saturated heterocycles. The van der Waals surface area contributed by atoms with Crippen molar-refractivity contribution in [3.05, 3.63) is 157 Å². The van der Waals surface area contributed by atoms with Crippen molar-refractivity contribution in [3.63, 3.8) is 0 Å². The fourth-order valence-corrected chi connectivity index (χ4v) is 5.94. The first-order valence-electron chi connectivity index (χ1n) is 26.2. The molecule has 0 heterocycles. The highest BCUT2D eigenvalue weighted by Crippen LogP contribution is 2.49. The molecule has 0 saturated carbocycles. The zero-order valence-corrected chi connectivity index (χ0v) is 22.0. The molecule has 0 spiro atoms. The number of benzene rings is 10. The fourth-order valence-electron chi connectivity index (χ4n) is 5.94. The minimum absolute atomic E-state index is 0.317. The Morgan fingerprint density at radius 3 is 1.66 bits per heavy atom.